The Morgan fingerprint density at radius 1 is 1.15 bits per heavy atom. The van der Waals surface area contributed by atoms with Gasteiger partial charge in [0, 0.05) is 24.8 Å². The van der Waals surface area contributed by atoms with E-state index < -0.39 is 21.1 Å². The van der Waals surface area contributed by atoms with Crippen molar-refractivity contribution >= 4 is 21.2 Å². The molecule has 2 heterocycles. The van der Waals surface area contributed by atoms with E-state index >= 15 is 0 Å². The van der Waals surface area contributed by atoms with Gasteiger partial charge in [0.25, 0.3) is 5.56 Å². The number of rotatable bonds is 5. The minimum absolute atomic E-state index is 0.00577. The molecular weight excluding hydrogens is 370 g/mol. The lowest BCUT2D eigenvalue weighted by Gasteiger charge is -2.18. The van der Waals surface area contributed by atoms with Crippen LogP contribution in [0.25, 0.3) is 0 Å². The molecule has 1 aliphatic heterocycles. The van der Waals surface area contributed by atoms with Gasteiger partial charge in [0.05, 0.1) is 29.5 Å². The number of nitrogens with zero attached hydrogens (tertiary/aromatic N) is 2. The lowest BCUT2D eigenvalue weighted by molar-refractivity contribution is 0.103. The Kier molecular flexibility index (Phi) is 5.41. The van der Waals surface area contributed by atoms with Crippen molar-refractivity contribution in [2.45, 2.75) is 19.3 Å². The summed E-state index contributed by atoms with van der Waals surface area (Å²) in [5.74, 6) is 1.06. The summed E-state index contributed by atoms with van der Waals surface area (Å²) in [5.41, 5.74) is -0.0130. The van der Waals surface area contributed by atoms with Gasteiger partial charge in [-0.25, -0.2) is 4.21 Å². The fraction of sp³-hybridized carbons (Fsp3) is 0.444. The molecule has 0 radical (unpaired) electrons. The SMILES string of the molecule is COc1ccc(C(=O)c2c[nH]n(C)c2=O)c(OC)c1N=S1(=O)CCCCC1. The first-order valence-corrected chi connectivity index (χ1v) is 10.5. The van der Waals surface area contributed by atoms with Crippen LogP contribution in [0, 0.1) is 0 Å². The van der Waals surface area contributed by atoms with E-state index in [1.807, 2.05) is 0 Å². The zero-order chi connectivity index (χ0) is 19.6. The first-order chi connectivity index (χ1) is 12.9. The van der Waals surface area contributed by atoms with Gasteiger partial charge in [0.1, 0.15) is 11.3 Å². The third-order valence-corrected chi connectivity index (χ3v) is 7.00. The summed E-state index contributed by atoms with van der Waals surface area (Å²) in [6, 6.07) is 3.11. The zero-order valence-electron chi connectivity index (χ0n) is 15.6. The maximum atomic E-state index is 13.1. The molecule has 1 aliphatic rings. The summed E-state index contributed by atoms with van der Waals surface area (Å²) in [6.07, 6.45) is 4.10. The van der Waals surface area contributed by atoms with E-state index in [0.717, 1.165) is 19.3 Å². The van der Waals surface area contributed by atoms with E-state index in [1.54, 1.807) is 6.07 Å². The number of ether oxygens (including phenoxy) is 2. The summed E-state index contributed by atoms with van der Waals surface area (Å²) in [5, 5.41) is 2.68. The van der Waals surface area contributed by atoms with Crippen molar-refractivity contribution in [2.24, 2.45) is 11.4 Å². The Labute approximate surface area is 157 Å². The van der Waals surface area contributed by atoms with Gasteiger partial charge in [-0.15, -0.1) is 0 Å². The number of nitrogens with one attached hydrogen (secondary N) is 1. The second kappa shape index (κ2) is 7.59. The van der Waals surface area contributed by atoms with Gasteiger partial charge in [-0.2, -0.15) is 4.36 Å². The molecule has 9 heteroatoms. The first kappa shape index (κ1) is 19.2. The molecule has 0 saturated carbocycles. The Morgan fingerprint density at radius 3 is 2.41 bits per heavy atom. The van der Waals surface area contributed by atoms with Gasteiger partial charge in [-0.05, 0) is 25.0 Å². The number of aryl methyl sites for hydroxylation is 1. The molecule has 0 amide bonds. The number of aromatic nitrogens is 2. The normalized spacial score (nSPS) is 16.0. The number of aromatic amines is 1. The average Bonchev–Trinajstić information content (AvgIpc) is 3.00. The van der Waals surface area contributed by atoms with Crippen LogP contribution in [-0.2, 0) is 16.8 Å². The molecule has 0 bridgehead atoms. The van der Waals surface area contributed by atoms with Crippen LogP contribution in [0.3, 0.4) is 0 Å². The second-order valence-electron chi connectivity index (χ2n) is 6.41. The Bertz CT molecular complexity index is 1030. The predicted molar refractivity (Wildman–Crippen MR) is 103 cm³/mol. The van der Waals surface area contributed by atoms with E-state index in [2.05, 4.69) is 9.46 Å². The number of carbonyl (C=O) groups excluding carboxylic acids is 1. The smallest absolute Gasteiger partial charge is 0.277 e. The molecule has 3 rings (SSSR count). The molecule has 0 unspecified atom stereocenters. The fourth-order valence-electron chi connectivity index (χ4n) is 3.15. The molecule has 1 aromatic carbocycles. The highest BCUT2D eigenvalue weighted by atomic mass is 32.2. The van der Waals surface area contributed by atoms with Crippen LogP contribution in [-0.4, -0.2) is 45.5 Å². The van der Waals surface area contributed by atoms with Crippen molar-refractivity contribution < 1.29 is 18.5 Å². The summed E-state index contributed by atoms with van der Waals surface area (Å²) < 4.78 is 29.6. The van der Waals surface area contributed by atoms with Crippen LogP contribution in [0.5, 0.6) is 11.5 Å². The minimum atomic E-state index is -2.44. The number of ketones is 1. The molecule has 1 aromatic heterocycles. The summed E-state index contributed by atoms with van der Waals surface area (Å²) >= 11 is 0. The molecule has 2 aromatic rings. The van der Waals surface area contributed by atoms with Crippen LogP contribution < -0.4 is 15.0 Å². The number of H-pyrrole nitrogens is 1. The highest BCUT2D eigenvalue weighted by Crippen LogP contribution is 2.42. The second-order valence-corrected chi connectivity index (χ2v) is 8.95. The lowest BCUT2D eigenvalue weighted by atomic mass is 10.0. The molecular formula is C18H23N3O5S. The molecule has 146 valence electrons. The Morgan fingerprint density at radius 2 is 1.85 bits per heavy atom. The standard InChI is InChI=1S/C18H23N3O5S/c1-21-18(23)13(11-19-21)16(22)12-7-8-14(25-2)15(17(12)26-3)20-27(24)9-5-4-6-10-27/h7-8,11,19H,4-6,9-10H2,1-3H3. The molecule has 1 saturated heterocycles. The van der Waals surface area contributed by atoms with Gasteiger partial charge in [0.15, 0.2) is 11.4 Å². The van der Waals surface area contributed by atoms with Crippen LogP contribution in [0.2, 0.25) is 0 Å². The van der Waals surface area contributed by atoms with Crippen LogP contribution in [0.4, 0.5) is 5.69 Å². The predicted octanol–water partition coefficient (Wildman–Crippen LogP) is 2.25. The highest BCUT2D eigenvalue weighted by molar-refractivity contribution is 7.93. The summed E-state index contributed by atoms with van der Waals surface area (Å²) in [7, 11) is 1.98. The molecule has 0 aliphatic carbocycles. The van der Waals surface area contributed by atoms with Gasteiger partial charge in [-0.3, -0.25) is 14.3 Å². The minimum Gasteiger partial charge on any atom is -0.494 e. The number of benzene rings is 1. The molecule has 1 N–H and O–H groups in total. The van der Waals surface area contributed by atoms with Crippen molar-refractivity contribution in [1.82, 2.24) is 9.78 Å². The van der Waals surface area contributed by atoms with Crippen molar-refractivity contribution in [3.8, 4) is 11.5 Å². The molecule has 0 atom stereocenters. The zero-order valence-corrected chi connectivity index (χ0v) is 16.4. The van der Waals surface area contributed by atoms with Gasteiger partial charge >= 0.3 is 0 Å². The molecule has 1 fully saturated rings. The Balaban J connectivity index is 2.19. The topological polar surface area (TPSA) is 103 Å². The largest absolute Gasteiger partial charge is 0.494 e. The van der Waals surface area contributed by atoms with Gasteiger partial charge < -0.3 is 14.6 Å². The van der Waals surface area contributed by atoms with Crippen LogP contribution >= 0.6 is 0 Å². The molecule has 27 heavy (non-hydrogen) atoms. The highest BCUT2D eigenvalue weighted by Gasteiger charge is 2.25. The quantitative estimate of drug-likeness (QED) is 0.785. The van der Waals surface area contributed by atoms with Gasteiger partial charge in [0.2, 0.25) is 5.78 Å². The van der Waals surface area contributed by atoms with Crippen molar-refractivity contribution in [3.05, 3.63) is 39.8 Å². The first-order valence-electron chi connectivity index (χ1n) is 8.67. The van der Waals surface area contributed by atoms with Crippen molar-refractivity contribution in [1.29, 1.82) is 0 Å². The summed E-state index contributed by atoms with van der Waals surface area (Å²) in [4.78, 5) is 25.1. The number of carbonyl (C=O) groups is 1. The van der Waals surface area contributed by atoms with E-state index in [4.69, 9.17) is 9.47 Å². The van der Waals surface area contributed by atoms with Crippen molar-refractivity contribution in [2.75, 3.05) is 25.7 Å². The number of hydrogen-bond acceptors (Lipinski definition) is 6. The maximum absolute atomic E-state index is 13.1. The average molecular weight is 393 g/mol. The maximum Gasteiger partial charge on any atom is 0.277 e. The van der Waals surface area contributed by atoms with Crippen LogP contribution in [0.15, 0.2) is 27.5 Å². The summed E-state index contributed by atoms with van der Waals surface area (Å²) in [6.45, 7) is 0. The number of methoxy groups -OCH3 is 2. The fourth-order valence-corrected chi connectivity index (χ4v) is 5.35. The van der Waals surface area contributed by atoms with E-state index in [1.165, 1.54) is 38.2 Å². The molecule has 0 spiro atoms. The third-order valence-electron chi connectivity index (χ3n) is 4.63. The van der Waals surface area contributed by atoms with E-state index in [0.29, 0.717) is 17.3 Å². The molecule has 8 nitrogen and oxygen atoms in total. The monoisotopic (exact) mass is 393 g/mol. The van der Waals surface area contributed by atoms with E-state index in [9.17, 15) is 13.8 Å². The lowest BCUT2D eigenvalue weighted by Crippen LogP contribution is -2.19. The van der Waals surface area contributed by atoms with Gasteiger partial charge in [-0.1, -0.05) is 6.42 Å². The third kappa shape index (κ3) is 3.64. The van der Waals surface area contributed by atoms with Crippen LogP contribution in [0.1, 0.15) is 35.2 Å². The van der Waals surface area contributed by atoms with Crippen molar-refractivity contribution in [3.63, 3.8) is 0 Å². The Hall–Kier alpha value is -2.55. The number of hydrogen-bond donors (Lipinski definition) is 1. The van der Waals surface area contributed by atoms with E-state index in [-0.39, 0.29) is 22.6 Å².